The quantitative estimate of drug-likeness (QED) is 0.900. The van der Waals surface area contributed by atoms with Gasteiger partial charge in [-0.05, 0) is 49.2 Å². The highest BCUT2D eigenvalue weighted by Gasteiger charge is 2.18. The summed E-state index contributed by atoms with van der Waals surface area (Å²) < 4.78 is 13.1. The van der Waals surface area contributed by atoms with Crippen molar-refractivity contribution >= 4 is 5.69 Å². The van der Waals surface area contributed by atoms with Gasteiger partial charge in [0.1, 0.15) is 5.82 Å². The molecule has 1 unspecified atom stereocenters. The molecular weight excluding hydrogens is 251 g/mol. The summed E-state index contributed by atoms with van der Waals surface area (Å²) in [5.74, 6) is -0.219. The fraction of sp³-hybridized carbons (Fsp3) is 0.294. The summed E-state index contributed by atoms with van der Waals surface area (Å²) in [7, 11) is 0. The van der Waals surface area contributed by atoms with Crippen LogP contribution in [0.3, 0.4) is 0 Å². The number of hydrogen-bond acceptors (Lipinski definition) is 2. The molecule has 0 radical (unpaired) electrons. The Labute approximate surface area is 120 Å². The van der Waals surface area contributed by atoms with E-state index in [-0.39, 0.29) is 11.9 Å². The number of anilines is 1. The molecule has 0 spiro atoms. The van der Waals surface area contributed by atoms with E-state index in [1.165, 1.54) is 17.7 Å². The van der Waals surface area contributed by atoms with Gasteiger partial charge in [0.2, 0.25) is 0 Å². The van der Waals surface area contributed by atoms with Crippen LogP contribution in [0.5, 0.6) is 0 Å². The number of halogens is 1. The van der Waals surface area contributed by atoms with Crippen LogP contribution in [0.25, 0.3) is 0 Å². The van der Waals surface area contributed by atoms with Crippen LogP contribution in [0.4, 0.5) is 10.1 Å². The summed E-state index contributed by atoms with van der Waals surface area (Å²) in [6, 6.07) is 15.0. The first-order valence-electron chi connectivity index (χ1n) is 6.94. The molecule has 0 bridgehead atoms. The van der Waals surface area contributed by atoms with E-state index < -0.39 is 0 Å². The fourth-order valence-electron chi connectivity index (χ4n) is 2.52. The van der Waals surface area contributed by atoms with Crippen molar-refractivity contribution < 1.29 is 4.39 Å². The minimum atomic E-state index is -0.219. The number of rotatable bonds is 5. The van der Waals surface area contributed by atoms with Crippen LogP contribution in [-0.4, -0.2) is 13.1 Å². The minimum Gasteiger partial charge on any atom is -0.363 e. The molecule has 106 valence electrons. The second kappa shape index (κ2) is 6.53. The van der Waals surface area contributed by atoms with Gasteiger partial charge in [0.05, 0.1) is 6.04 Å². The van der Waals surface area contributed by atoms with Crippen LogP contribution in [0.15, 0.2) is 48.5 Å². The zero-order valence-corrected chi connectivity index (χ0v) is 12.0. The Morgan fingerprint density at radius 1 is 1.15 bits per heavy atom. The molecule has 2 nitrogen and oxygen atoms in total. The monoisotopic (exact) mass is 272 g/mol. The lowest BCUT2D eigenvalue weighted by Crippen LogP contribution is -2.33. The number of likely N-dealkylation sites (N-methyl/N-ethyl adjacent to an activating group) is 1. The maximum atomic E-state index is 13.1. The smallest absolute Gasteiger partial charge is 0.123 e. The second-order valence-electron chi connectivity index (χ2n) is 4.93. The van der Waals surface area contributed by atoms with Crippen molar-refractivity contribution in [1.29, 1.82) is 0 Å². The number of hydrogen-bond donors (Lipinski definition) is 1. The molecule has 0 fully saturated rings. The number of nitrogens with two attached hydrogens (primary N) is 1. The molecule has 2 rings (SSSR count). The number of aryl methyl sites for hydroxylation is 1. The fourth-order valence-corrected chi connectivity index (χ4v) is 2.52. The minimum absolute atomic E-state index is 0.0578. The molecule has 1 atom stereocenters. The molecule has 0 aromatic heterocycles. The summed E-state index contributed by atoms with van der Waals surface area (Å²) in [6.45, 7) is 5.53. The summed E-state index contributed by atoms with van der Waals surface area (Å²) in [4.78, 5) is 2.25. The van der Waals surface area contributed by atoms with Crippen LogP contribution in [0.2, 0.25) is 0 Å². The third-order valence-electron chi connectivity index (χ3n) is 3.53. The lowest BCUT2D eigenvalue weighted by molar-refractivity contribution is 0.617. The van der Waals surface area contributed by atoms with E-state index in [1.807, 2.05) is 18.2 Å². The van der Waals surface area contributed by atoms with Crippen molar-refractivity contribution in [2.75, 3.05) is 18.0 Å². The van der Waals surface area contributed by atoms with Crippen molar-refractivity contribution in [2.24, 2.45) is 5.73 Å². The molecule has 0 amide bonds. The summed E-state index contributed by atoms with van der Waals surface area (Å²) in [5, 5.41) is 0. The molecule has 0 aliphatic carbocycles. The molecule has 2 N–H and O–H groups in total. The van der Waals surface area contributed by atoms with Gasteiger partial charge in [0.15, 0.2) is 0 Å². The molecule has 2 aromatic rings. The van der Waals surface area contributed by atoms with E-state index in [0.29, 0.717) is 6.54 Å². The van der Waals surface area contributed by atoms with Gasteiger partial charge in [-0.25, -0.2) is 4.39 Å². The standard InChI is InChI=1S/C17H21FN2/c1-3-20(16-6-4-5-13(2)11-16)17(12-19)14-7-9-15(18)10-8-14/h4-11,17H,3,12,19H2,1-2H3. The molecule has 0 heterocycles. The Morgan fingerprint density at radius 3 is 2.40 bits per heavy atom. The van der Waals surface area contributed by atoms with Crippen LogP contribution < -0.4 is 10.6 Å². The molecular formula is C17H21FN2. The Kier molecular flexibility index (Phi) is 4.74. The lowest BCUT2D eigenvalue weighted by atomic mass is 10.0. The van der Waals surface area contributed by atoms with Crippen LogP contribution in [-0.2, 0) is 0 Å². The molecule has 3 heteroatoms. The normalized spacial score (nSPS) is 12.2. The maximum absolute atomic E-state index is 13.1. The van der Waals surface area contributed by atoms with Gasteiger partial charge < -0.3 is 10.6 Å². The topological polar surface area (TPSA) is 29.3 Å². The van der Waals surface area contributed by atoms with E-state index in [1.54, 1.807) is 0 Å². The molecule has 0 saturated heterocycles. The van der Waals surface area contributed by atoms with E-state index in [2.05, 4.69) is 36.9 Å². The van der Waals surface area contributed by atoms with E-state index in [0.717, 1.165) is 17.8 Å². The van der Waals surface area contributed by atoms with E-state index in [4.69, 9.17) is 5.73 Å². The predicted octanol–water partition coefficient (Wildman–Crippen LogP) is 3.66. The van der Waals surface area contributed by atoms with Crippen molar-refractivity contribution in [3.05, 3.63) is 65.5 Å². The van der Waals surface area contributed by atoms with Crippen LogP contribution >= 0.6 is 0 Å². The van der Waals surface area contributed by atoms with Gasteiger partial charge in [-0.2, -0.15) is 0 Å². The number of benzene rings is 2. The highest BCUT2D eigenvalue weighted by molar-refractivity contribution is 5.50. The molecule has 0 saturated carbocycles. The average Bonchev–Trinajstić information content (AvgIpc) is 2.46. The van der Waals surface area contributed by atoms with Crippen molar-refractivity contribution in [3.63, 3.8) is 0 Å². The SMILES string of the molecule is CCN(c1cccc(C)c1)C(CN)c1ccc(F)cc1. The summed E-state index contributed by atoms with van der Waals surface area (Å²) in [6.07, 6.45) is 0. The van der Waals surface area contributed by atoms with Gasteiger partial charge in [0, 0.05) is 18.8 Å². The van der Waals surface area contributed by atoms with Gasteiger partial charge in [-0.1, -0.05) is 24.3 Å². The summed E-state index contributed by atoms with van der Waals surface area (Å²) in [5.41, 5.74) is 9.36. The zero-order chi connectivity index (χ0) is 14.5. The lowest BCUT2D eigenvalue weighted by Gasteiger charge is -2.32. The van der Waals surface area contributed by atoms with Crippen molar-refractivity contribution in [3.8, 4) is 0 Å². The first kappa shape index (κ1) is 14.5. The van der Waals surface area contributed by atoms with Crippen molar-refractivity contribution in [1.82, 2.24) is 0 Å². The highest BCUT2D eigenvalue weighted by Crippen LogP contribution is 2.27. The Balaban J connectivity index is 2.34. The molecule has 2 aromatic carbocycles. The van der Waals surface area contributed by atoms with Gasteiger partial charge in [0.25, 0.3) is 0 Å². The predicted molar refractivity (Wildman–Crippen MR) is 82.4 cm³/mol. The maximum Gasteiger partial charge on any atom is 0.123 e. The van der Waals surface area contributed by atoms with Gasteiger partial charge in [-0.15, -0.1) is 0 Å². The van der Waals surface area contributed by atoms with E-state index >= 15 is 0 Å². The Hall–Kier alpha value is -1.87. The van der Waals surface area contributed by atoms with Gasteiger partial charge >= 0.3 is 0 Å². The zero-order valence-electron chi connectivity index (χ0n) is 12.0. The highest BCUT2D eigenvalue weighted by atomic mass is 19.1. The molecule has 0 aliphatic heterocycles. The Bertz CT molecular complexity index is 551. The molecule has 20 heavy (non-hydrogen) atoms. The third-order valence-corrected chi connectivity index (χ3v) is 3.53. The molecule has 0 aliphatic rings. The first-order chi connectivity index (χ1) is 9.65. The van der Waals surface area contributed by atoms with Crippen molar-refractivity contribution in [2.45, 2.75) is 19.9 Å². The largest absolute Gasteiger partial charge is 0.363 e. The average molecular weight is 272 g/mol. The van der Waals surface area contributed by atoms with Crippen LogP contribution in [0.1, 0.15) is 24.1 Å². The first-order valence-corrected chi connectivity index (χ1v) is 6.94. The Morgan fingerprint density at radius 2 is 1.85 bits per heavy atom. The summed E-state index contributed by atoms with van der Waals surface area (Å²) >= 11 is 0. The van der Waals surface area contributed by atoms with Crippen LogP contribution in [0, 0.1) is 12.7 Å². The van der Waals surface area contributed by atoms with E-state index in [9.17, 15) is 4.39 Å². The van der Waals surface area contributed by atoms with Gasteiger partial charge in [-0.3, -0.25) is 0 Å². The number of nitrogens with zero attached hydrogens (tertiary/aromatic N) is 1. The second-order valence-corrected chi connectivity index (χ2v) is 4.93. The third kappa shape index (κ3) is 3.17.